The first-order valence-corrected chi connectivity index (χ1v) is 8.36. The number of amides is 1. The molecule has 0 atom stereocenters. The number of nitrogens with two attached hydrogens (primary N) is 1. The van der Waals surface area contributed by atoms with Gasteiger partial charge in [-0.15, -0.1) is 0 Å². The third-order valence-electron chi connectivity index (χ3n) is 4.39. The number of nitrogens with zero attached hydrogens (tertiary/aromatic N) is 1. The van der Waals surface area contributed by atoms with Crippen molar-refractivity contribution in [2.45, 2.75) is 51.4 Å². The normalized spacial score (nSPS) is 16.4. The number of hydrogen-bond donors (Lipinski definition) is 1. The van der Waals surface area contributed by atoms with E-state index in [1.165, 1.54) is 38.5 Å². The minimum atomic E-state index is 0.265. The van der Waals surface area contributed by atoms with Crippen LogP contribution in [0.4, 0.5) is 5.69 Å². The Hall–Kier alpha value is -1.35. The zero-order valence-electron chi connectivity index (χ0n) is 13.0. The third kappa shape index (κ3) is 5.16. The molecule has 1 aliphatic rings. The fourth-order valence-corrected chi connectivity index (χ4v) is 3.18. The number of rotatable bonds is 6. The first kappa shape index (κ1) is 16.0. The van der Waals surface area contributed by atoms with Gasteiger partial charge in [0.25, 0.3) is 0 Å². The molecule has 3 heteroatoms. The topological polar surface area (TPSA) is 46.3 Å². The lowest BCUT2D eigenvalue weighted by atomic mass is 9.96. The van der Waals surface area contributed by atoms with Gasteiger partial charge in [0.15, 0.2) is 0 Å². The van der Waals surface area contributed by atoms with Gasteiger partial charge in [0, 0.05) is 18.7 Å². The molecule has 0 saturated heterocycles. The predicted molar refractivity (Wildman–Crippen MR) is 88.3 cm³/mol. The molecule has 116 valence electrons. The Morgan fingerprint density at radius 3 is 2.38 bits per heavy atom. The molecule has 1 aromatic rings. The third-order valence-corrected chi connectivity index (χ3v) is 4.39. The lowest BCUT2D eigenvalue weighted by Gasteiger charge is -2.25. The van der Waals surface area contributed by atoms with Gasteiger partial charge in [-0.3, -0.25) is 4.79 Å². The van der Waals surface area contributed by atoms with Crippen LogP contribution in [0, 0.1) is 5.92 Å². The van der Waals surface area contributed by atoms with Gasteiger partial charge in [-0.05, 0) is 43.9 Å². The van der Waals surface area contributed by atoms with Crippen LogP contribution in [0.5, 0.6) is 0 Å². The van der Waals surface area contributed by atoms with Crippen LogP contribution in [-0.4, -0.2) is 19.0 Å². The average molecular weight is 288 g/mol. The Morgan fingerprint density at radius 2 is 1.76 bits per heavy atom. The summed E-state index contributed by atoms with van der Waals surface area (Å²) < 4.78 is 0. The summed E-state index contributed by atoms with van der Waals surface area (Å²) >= 11 is 0. The summed E-state index contributed by atoms with van der Waals surface area (Å²) in [6.07, 6.45) is 9.21. The maximum atomic E-state index is 12.7. The molecule has 0 aromatic heterocycles. The predicted octanol–water partition coefficient (Wildman–Crippen LogP) is 3.73. The summed E-state index contributed by atoms with van der Waals surface area (Å²) in [7, 11) is 0. The molecule has 2 N–H and O–H groups in total. The molecule has 21 heavy (non-hydrogen) atoms. The van der Waals surface area contributed by atoms with Crippen LogP contribution in [0.3, 0.4) is 0 Å². The van der Waals surface area contributed by atoms with Crippen molar-refractivity contribution in [1.82, 2.24) is 0 Å². The Balaban J connectivity index is 1.99. The van der Waals surface area contributed by atoms with Crippen molar-refractivity contribution >= 4 is 11.6 Å². The molecule has 0 spiro atoms. The van der Waals surface area contributed by atoms with Crippen LogP contribution in [0.2, 0.25) is 0 Å². The highest BCUT2D eigenvalue weighted by atomic mass is 16.2. The molecule has 1 saturated carbocycles. The second-order valence-corrected chi connectivity index (χ2v) is 6.08. The highest BCUT2D eigenvalue weighted by Crippen LogP contribution is 2.27. The van der Waals surface area contributed by atoms with Gasteiger partial charge in [0.2, 0.25) is 5.91 Å². The number of benzene rings is 1. The molecule has 0 heterocycles. The van der Waals surface area contributed by atoms with Crippen molar-refractivity contribution < 1.29 is 4.79 Å². The van der Waals surface area contributed by atoms with Gasteiger partial charge in [-0.25, -0.2) is 0 Å². The van der Waals surface area contributed by atoms with Crippen molar-refractivity contribution in [3.8, 4) is 0 Å². The zero-order valence-corrected chi connectivity index (χ0v) is 13.0. The standard InChI is InChI=1S/C18H28N2O/c19-13-8-14-20(17-11-6-3-7-12-17)18(21)15-16-9-4-1-2-5-10-16/h3,6-7,11-12,16H,1-2,4-5,8-10,13-15,19H2. The molecule has 0 radical (unpaired) electrons. The summed E-state index contributed by atoms with van der Waals surface area (Å²) in [6, 6.07) is 10.00. The van der Waals surface area contributed by atoms with Gasteiger partial charge >= 0.3 is 0 Å². The number of carbonyl (C=O) groups is 1. The molecule has 0 bridgehead atoms. The van der Waals surface area contributed by atoms with Crippen LogP contribution in [-0.2, 0) is 4.79 Å². The van der Waals surface area contributed by atoms with Gasteiger partial charge in [-0.2, -0.15) is 0 Å². The lowest BCUT2D eigenvalue weighted by molar-refractivity contribution is -0.119. The maximum absolute atomic E-state index is 12.7. The largest absolute Gasteiger partial charge is 0.330 e. The highest BCUT2D eigenvalue weighted by molar-refractivity contribution is 5.93. The van der Waals surface area contributed by atoms with Crippen LogP contribution in [0.25, 0.3) is 0 Å². The molecule has 3 nitrogen and oxygen atoms in total. The number of hydrogen-bond acceptors (Lipinski definition) is 2. The fraction of sp³-hybridized carbons (Fsp3) is 0.611. The van der Waals surface area contributed by atoms with E-state index in [0.717, 1.165) is 18.7 Å². The van der Waals surface area contributed by atoms with Gasteiger partial charge < -0.3 is 10.6 Å². The van der Waals surface area contributed by atoms with Crippen molar-refractivity contribution in [1.29, 1.82) is 0 Å². The van der Waals surface area contributed by atoms with Crippen molar-refractivity contribution in [2.75, 3.05) is 18.0 Å². The minimum absolute atomic E-state index is 0.265. The van der Waals surface area contributed by atoms with Crippen LogP contribution < -0.4 is 10.6 Å². The smallest absolute Gasteiger partial charge is 0.227 e. The molecule has 2 rings (SSSR count). The second-order valence-electron chi connectivity index (χ2n) is 6.08. The van der Waals surface area contributed by atoms with Crippen molar-refractivity contribution in [3.63, 3.8) is 0 Å². The van der Waals surface area contributed by atoms with E-state index in [2.05, 4.69) is 0 Å². The monoisotopic (exact) mass is 288 g/mol. The summed E-state index contributed by atoms with van der Waals surface area (Å²) in [5.74, 6) is 0.839. The first-order chi connectivity index (χ1) is 10.3. The number of para-hydroxylation sites is 1. The number of carbonyl (C=O) groups excluding carboxylic acids is 1. The molecular formula is C18H28N2O. The Morgan fingerprint density at radius 1 is 1.10 bits per heavy atom. The van der Waals surface area contributed by atoms with E-state index in [0.29, 0.717) is 18.9 Å². The molecule has 1 fully saturated rings. The summed E-state index contributed by atoms with van der Waals surface area (Å²) in [5, 5.41) is 0. The Bertz CT molecular complexity index is 410. The summed E-state index contributed by atoms with van der Waals surface area (Å²) in [6.45, 7) is 1.35. The minimum Gasteiger partial charge on any atom is -0.330 e. The molecule has 0 unspecified atom stereocenters. The second kappa shape index (κ2) is 8.83. The molecule has 0 aliphatic heterocycles. The van der Waals surface area contributed by atoms with Gasteiger partial charge in [0.05, 0.1) is 0 Å². The van der Waals surface area contributed by atoms with Crippen LogP contribution in [0.15, 0.2) is 30.3 Å². The zero-order chi connectivity index (χ0) is 14.9. The maximum Gasteiger partial charge on any atom is 0.227 e. The average Bonchev–Trinajstić information content (AvgIpc) is 2.77. The summed E-state index contributed by atoms with van der Waals surface area (Å²) in [4.78, 5) is 14.6. The summed E-state index contributed by atoms with van der Waals surface area (Å²) in [5.41, 5.74) is 6.63. The number of anilines is 1. The van der Waals surface area contributed by atoms with Gasteiger partial charge in [-0.1, -0.05) is 43.9 Å². The van der Waals surface area contributed by atoms with E-state index < -0.39 is 0 Å². The van der Waals surface area contributed by atoms with E-state index >= 15 is 0 Å². The highest BCUT2D eigenvalue weighted by Gasteiger charge is 2.21. The van der Waals surface area contributed by atoms with Crippen LogP contribution >= 0.6 is 0 Å². The first-order valence-electron chi connectivity index (χ1n) is 8.36. The van der Waals surface area contributed by atoms with Crippen molar-refractivity contribution in [2.24, 2.45) is 11.7 Å². The van der Waals surface area contributed by atoms with Crippen molar-refractivity contribution in [3.05, 3.63) is 30.3 Å². The van der Waals surface area contributed by atoms with Crippen LogP contribution in [0.1, 0.15) is 51.4 Å². The molecular weight excluding hydrogens is 260 g/mol. The fourth-order valence-electron chi connectivity index (χ4n) is 3.18. The Kier molecular flexibility index (Phi) is 6.74. The van der Waals surface area contributed by atoms with Gasteiger partial charge in [0.1, 0.15) is 0 Å². The molecule has 1 aromatic carbocycles. The van der Waals surface area contributed by atoms with E-state index in [9.17, 15) is 4.79 Å². The quantitative estimate of drug-likeness (QED) is 0.811. The Labute approximate surface area is 128 Å². The van der Waals surface area contributed by atoms with E-state index in [1.54, 1.807) is 0 Å². The van der Waals surface area contributed by atoms with E-state index in [1.807, 2.05) is 35.2 Å². The molecule has 1 amide bonds. The lowest BCUT2D eigenvalue weighted by Crippen LogP contribution is -2.34. The SMILES string of the molecule is NCCCN(C(=O)CC1CCCCCC1)c1ccccc1. The molecule has 1 aliphatic carbocycles. The van der Waals surface area contributed by atoms with E-state index in [-0.39, 0.29) is 5.91 Å². The van der Waals surface area contributed by atoms with E-state index in [4.69, 9.17) is 5.73 Å².